The molecule has 2 unspecified atom stereocenters. The SMILES string of the molecule is CC(C)(C)OC(=O)N[C@@H](CCS(=N)(=O)CCC(O)(c1nccs1)C(F)(F)F)C(=O)O. The lowest BCUT2D eigenvalue weighted by Crippen LogP contribution is -2.45. The highest BCUT2D eigenvalue weighted by molar-refractivity contribution is 7.92. The number of carbonyl (C=O) groups is 2. The Hall–Kier alpha value is -1.93. The Morgan fingerprint density at radius 1 is 1.33 bits per heavy atom. The van der Waals surface area contributed by atoms with Gasteiger partial charge < -0.3 is 20.3 Å². The van der Waals surface area contributed by atoms with Crippen LogP contribution in [0.3, 0.4) is 0 Å². The fourth-order valence-corrected chi connectivity index (χ4v) is 4.46. The lowest BCUT2D eigenvalue weighted by Gasteiger charge is -2.28. The van der Waals surface area contributed by atoms with Crippen LogP contribution in [0.2, 0.25) is 0 Å². The molecule has 1 aromatic heterocycles. The van der Waals surface area contributed by atoms with Crippen molar-refractivity contribution in [2.24, 2.45) is 0 Å². The van der Waals surface area contributed by atoms with Crippen molar-refractivity contribution in [2.75, 3.05) is 11.5 Å². The van der Waals surface area contributed by atoms with Gasteiger partial charge in [0.1, 0.15) is 16.7 Å². The first-order valence-electron chi connectivity index (χ1n) is 8.62. The predicted octanol–water partition coefficient (Wildman–Crippen LogP) is 2.70. The van der Waals surface area contributed by atoms with Crippen molar-refractivity contribution >= 4 is 33.1 Å². The molecule has 1 aromatic rings. The molecule has 9 nitrogen and oxygen atoms in total. The van der Waals surface area contributed by atoms with Crippen molar-refractivity contribution < 1.29 is 41.9 Å². The summed E-state index contributed by atoms with van der Waals surface area (Å²) in [5, 5.41) is 22.0. The molecule has 14 heteroatoms. The number of aliphatic carboxylic acids is 1. The number of carbonyl (C=O) groups excluding carboxylic acids is 1. The second-order valence-corrected chi connectivity index (χ2v) is 10.8. The van der Waals surface area contributed by atoms with Gasteiger partial charge in [0.2, 0.25) is 5.60 Å². The molecule has 0 aliphatic heterocycles. The Morgan fingerprint density at radius 3 is 2.37 bits per heavy atom. The first-order chi connectivity index (χ1) is 13.5. The molecule has 0 saturated heterocycles. The zero-order chi connectivity index (χ0) is 23.4. The number of aromatic nitrogens is 1. The van der Waals surface area contributed by atoms with Crippen molar-refractivity contribution in [3.8, 4) is 0 Å². The first-order valence-corrected chi connectivity index (χ1v) is 11.4. The zero-order valence-corrected chi connectivity index (χ0v) is 18.1. The van der Waals surface area contributed by atoms with Crippen LogP contribution in [0.1, 0.15) is 38.6 Å². The van der Waals surface area contributed by atoms with E-state index >= 15 is 0 Å². The minimum Gasteiger partial charge on any atom is -0.480 e. The third-order valence-corrected chi connectivity index (χ3v) is 6.46. The van der Waals surface area contributed by atoms with Gasteiger partial charge >= 0.3 is 18.2 Å². The second-order valence-electron chi connectivity index (χ2n) is 7.49. The standard InChI is InChI=1S/C16H24F3N3O6S2/c1-14(2,3)28-13(25)22-10(11(23)24)4-8-30(20,27)9-5-15(26,16(17,18)19)12-21-6-7-29-12/h6-7,10,20,26H,4-5,8-9H2,1-3H3,(H,22,25)(H,23,24)/t10-,15?,30?/m0/s1. The number of hydrogen-bond acceptors (Lipinski definition) is 8. The van der Waals surface area contributed by atoms with Crippen LogP contribution in [0.4, 0.5) is 18.0 Å². The normalized spacial score (nSPS) is 17.4. The number of halogens is 3. The van der Waals surface area contributed by atoms with Crippen LogP contribution in [-0.2, 0) is 24.9 Å². The van der Waals surface area contributed by atoms with E-state index in [1.165, 1.54) is 5.38 Å². The maximum absolute atomic E-state index is 13.4. The minimum atomic E-state index is -5.11. The molecule has 1 rings (SSSR count). The van der Waals surface area contributed by atoms with Crippen molar-refractivity contribution in [2.45, 2.75) is 57.0 Å². The summed E-state index contributed by atoms with van der Waals surface area (Å²) >= 11 is 0.566. The quantitative estimate of drug-likeness (QED) is 0.429. The fraction of sp³-hybridized carbons (Fsp3) is 0.688. The lowest BCUT2D eigenvalue weighted by atomic mass is 10.0. The van der Waals surface area contributed by atoms with Crippen molar-refractivity contribution in [1.29, 1.82) is 4.78 Å². The van der Waals surface area contributed by atoms with Crippen molar-refractivity contribution in [3.63, 3.8) is 0 Å². The van der Waals surface area contributed by atoms with Crippen LogP contribution in [0.15, 0.2) is 11.6 Å². The number of aliphatic hydroxyl groups is 1. The van der Waals surface area contributed by atoms with E-state index in [0.29, 0.717) is 11.3 Å². The fourth-order valence-electron chi connectivity index (χ4n) is 2.23. The van der Waals surface area contributed by atoms with Gasteiger partial charge in [0, 0.05) is 39.2 Å². The topological polar surface area (TPSA) is 150 Å². The number of ether oxygens (including phenoxy) is 1. The maximum atomic E-state index is 13.4. The van der Waals surface area contributed by atoms with E-state index in [1.807, 2.05) is 0 Å². The molecule has 1 amide bonds. The number of rotatable bonds is 9. The smallest absolute Gasteiger partial charge is 0.423 e. The van der Waals surface area contributed by atoms with Crippen molar-refractivity contribution in [1.82, 2.24) is 10.3 Å². The molecule has 0 aromatic carbocycles. The number of nitrogens with one attached hydrogen (secondary N) is 2. The Bertz CT molecular complexity index is 837. The monoisotopic (exact) mass is 475 g/mol. The summed E-state index contributed by atoms with van der Waals surface area (Å²) in [5.41, 5.74) is -4.26. The highest BCUT2D eigenvalue weighted by atomic mass is 32.2. The van der Waals surface area contributed by atoms with Gasteiger partial charge in [-0.25, -0.2) is 18.8 Å². The molecule has 1 heterocycles. The van der Waals surface area contributed by atoms with E-state index in [0.717, 1.165) is 6.20 Å². The molecule has 0 spiro atoms. The molecule has 4 N–H and O–H groups in total. The molecular weight excluding hydrogens is 451 g/mol. The third kappa shape index (κ3) is 7.72. The molecule has 0 bridgehead atoms. The second kappa shape index (κ2) is 9.47. The summed E-state index contributed by atoms with van der Waals surface area (Å²) in [5.74, 6) is -2.93. The van der Waals surface area contributed by atoms with Gasteiger partial charge in [0.15, 0.2) is 0 Å². The summed E-state index contributed by atoms with van der Waals surface area (Å²) < 4.78 is 65.2. The lowest BCUT2D eigenvalue weighted by molar-refractivity contribution is -0.267. The number of hydrogen-bond donors (Lipinski definition) is 4. The molecule has 30 heavy (non-hydrogen) atoms. The number of nitrogens with zero attached hydrogens (tertiary/aromatic N) is 1. The molecule has 0 aliphatic carbocycles. The molecule has 172 valence electrons. The minimum absolute atomic E-state index is 0.474. The van der Waals surface area contributed by atoms with E-state index in [9.17, 15) is 37.2 Å². The van der Waals surface area contributed by atoms with Crippen LogP contribution in [0.5, 0.6) is 0 Å². The Morgan fingerprint density at radius 2 is 1.93 bits per heavy atom. The molecule has 0 aliphatic rings. The Balaban J connectivity index is 2.79. The number of alkyl carbamates (subject to hydrolysis) is 1. The van der Waals surface area contributed by atoms with Gasteiger partial charge in [-0.05, 0) is 27.2 Å². The third-order valence-electron chi connectivity index (χ3n) is 3.77. The van der Waals surface area contributed by atoms with Gasteiger partial charge in [0.25, 0.3) is 0 Å². The van der Waals surface area contributed by atoms with E-state index in [-0.39, 0.29) is 0 Å². The Labute approximate surface area is 175 Å². The molecule has 0 saturated carbocycles. The van der Waals surface area contributed by atoms with Gasteiger partial charge in [0.05, 0.1) is 0 Å². The Kier molecular flexibility index (Phi) is 8.24. The van der Waals surface area contributed by atoms with E-state index in [2.05, 4.69) is 10.3 Å². The summed E-state index contributed by atoms with van der Waals surface area (Å²) in [6.45, 7) is 4.68. The number of alkyl halides is 3. The van der Waals surface area contributed by atoms with E-state index < -0.39 is 74.6 Å². The van der Waals surface area contributed by atoms with E-state index in [1.54, 1.807) is 20.8 Å². The largest absolute Gasteiger partial charge is 0.480 e. The maximum Gasteiger partial charge on any atom is 0.423 e. The predicted molar refractivity (Wildman–Crippen MR) is 103 cm³/mol. The molecule has 0 fully saturated rings. The zero-order valence-electron chi connectivity index (χ0n) is 16.5. The van der Waals surface area contributed by atoms with Crippen molar-refractivity contribution in [3.05, 3.63) is 16.6 Å². The van der Waals surface area contributed by atoms with E-state index in [4.69, 9.17) is 9.52 Å². The average molecular weight is 476 g/mol. The van der Waals surface area contributed by atoms with Gasteiger partial charge in [-0.3, -0.25) is 4.78 Å². The number of carboxylic acids is 1. The molecular formula is C16H24F3N3O6S2. The van der Waals surface area contributed by atoms with Crippen LogP contribution in [0, 0.1) is 4.78 Å². The van der Waals surface area contributed by atoms with Crippen LogP contribution in [-0.4, -0.2) is 60.8 Å². The van der Waals surface area contributed by atoms with Gasteiger partial charge in [-0.15, -0.1) is 11.3 Å². The number of amides is 1. The van der Waals surface area contributed by atoms with Crippen LogP contribution in [0.25, 0.3) is 0 Å². The summed E-state index contributed by atoms with van der Waals surface area (Å²) in [4.78, 5) is 26.5. The average Bonchev–Trinajstić information content (AvgIpc) is 3.08. The van der Waals surface area contributed by atoms with Gasteiger partial charge in [-0.2, -0.15) is 13.2 Å². The molecule has 0 radical (unpaired) electrons. The summed E-state index contributed by atoms with van der Waals surface area (Å²) in [7, 11) is -3.70. The first kappa shape index (κ1) is 26.1. The summed E-state index contributed by atoms with van der Waals surface area (Å²) in [6.07, 6.45) is -6.62. The highest BCUT2D eigenvalue weighted by Gasteiger charge is 2.56. The van der Waals surface area contributed by atoms with Crippen LogP contribution < -0.4 is 5.32 Å². The highest BCUT2D eigenvalue weighted by Crippen LogP contribution is 2.42. The molecule has 3 atom stereocenters. The summed E-state index contributed by atoms with van der Waals surface area (Å²) in [6, 6.07) is -1.55. The van der Waals surface area contributed by atoms with Gasteiger partial charge in [-0.1, -0.05) is 0 Å². The number of thiazole rings is 1. The van der Waals surface area contributed by atoms with Crippen LogP contribution >= 0.6 is 11.3 Å². The number of carboxylic acid groups (broad SMARTS) is 1.